The number of benzene rings is 1. The number of pyridine rings is 1. The smallest absolute Gasteiger partial charge is 0.251 e. The Hall–Kier alpha value is -2.10. The van der Waals surface area contributed by atoms with Crippen molar-refractivity contribution >= 4 is 22.5 Å². The maximum atomic E-state index is 12.1. The Morgan fingerprint density at radius 3 is 2.48 bits per heavy atom. The molecule has 112 valence electrons. The number of anilines is 1. The first-order valence-corrected chi connectivity index (χ1v) is 7.42. The van der Waals surface area contributed by atoms with Crippen molar-refractivity contribution in [2.45, 2.75) is 40.5 Å². The maximum absolute atomic E-state index is 12.1. The Bertz CT molecular complexity index is 727. The van der Waals surface area contributed by atoms with Gasteiger partial charge in [0.1, 0.15) is 0 Å². The fourth-order valence-electron chi connectivity index (χ4n) is 2.54. The van der Waals surface area contributed by atoms with Gasteiger partial charge in [-0.1, -0.05) is 19.9 Å². The van der Waals surface area contributed by atoms with E-state index in [4.69, 9.17) is 0 Å². The molecule has 21 heavy (non-hydrogen) atoms. The number of aromatic nitrogens is 1. The number of aromatic amines is 1. The number of H-pyrrole nitrogens is 1. The normalized spacial score (nSPS) is 11.1. The third-order valence-corrected chi connectivity index (χ3v) is 4.20. The van der Waals surface area contributed by atoms with Crippen LogP contribution in [0.3, 0.4) is 0 Å². The van der Waals surface area contributed by atoms with Gasteiger partial charge in [0.05, 0.1) is 5.52 Å². The molecule has 0 saturated carbocycles. The second kappa shape index (κ2) is 6.12. The van der Waals surface area contributed by atoms with E-state index in [0.29, 0.717) is 0 Å². The summed E-state index contributed by atoms with van der Waals surface area (Å²) in [7, 11) is 0. The van der Waals surface area contributed by atoms with Crippen LogP contribution in [-0.2, 0) is 4.79 Å². The third kappa shape index (κ3) is 2.99. The number of hydrogen-bond acceptors (Lipinski definition) is 2. The molecule has 1 amide bonds. The zero-order valence-corrected chi connectivity index (χ0v) is 13.0. The summed E-state index contributed by atoms with van der Waals surface area (Å²) < 4.78 is 0. The lowest BCUT2D eigenvalue weighted by Gasteiger charge is -2.13. The third-order valence-electron chi connectivity index (χ3n) is 4.20. The highest BCUT2D eigenvalue weighted by atomic mass is 16.2. The van der Waals surface area contributed by atoms with Gasteiger partial charge in [0.2, 0.25) is 5.91 Å². The van der Waals surface area contributed by atoms with E-state index in [0.717, 1.165) is 40.6 Å². The molecule has 2 aromatic rings. The van der Waals surface area contributed by atoms with Crippen LogP contribution in [0.4, 0.5) is 5.69 Å². The van der Waals surface area contributed by atoms with Gasteiger partial charge in [-0.3, -0.25) is 9.59 Å². The Balaban J connectivity index is 2.38. The zero-order valence-electron chi connectivity index (χ0n) is 13.0. The predicted octanol–water partition coefficient (Wildman–Crippen LogP) is 3.52. The van der Waals surface area contributed by atoms with Gasteiger partial charge in [0.25, 0.3) is 5.56 Å². The monoisotopic (exact) mass is 286 g/mol. The number of fused-ring (bicyclic) bond motifs is 1. The van der Waals surface area contributed by atoms with Crippen molar-refractivity contribution in [1.29, 1.82) is 0 Å². The van der Waals surface area contributed by atoms with Crippen LogP contribution in [0.5, 0.6) is 0 Å². The van der Waals surface area contributed by atoms with Crippen LogP contribution in [-0.4, -0.2) is 10.9 Å². The average Bonchev–Trinajstić information content (AvgIpc) is 2.46. The molecule has 0 radical (unpaired) electrons. The van der Waals surface area contributed by atoms with Gasteiger partial charge in [0, 0.05) is 22.6 Å². The number of rotatable bonds is 4. The van der Waals surface area contributed by atoms with Gasteiger partial charge in [-0.05, 0) is 44.4 Å². The summed E-state index contributed by atoms with van der Waals surface area (Å²) in [6.07, 6.45) is 1.65. The summed E-state index contributed by atoms with van der Waals surface area (Å²) in [5, 5.41) is 3.94. The van der Waals surface area contributed by atoms with Crippen LogP contribution in [0.1, 0.15) is 37.8 Å². The van der Waals surface area contributed by atoms with Gasteiger partial charge in [-0.15, -0.1) is 0 Å². The molecule has 0 aliphatic heterocycles. The molecule has 1 aromatic carbocycles. The van der Waals surface area contributed by atoms with Crippen molar-refractivity contribution in [2.75, 3.05) is 5.32 Å². The first-order valence-electron chi connectivity index (χ1n) is 7.42. The molecule has 4 heteroatoms. The number of nitrogens with one attached hydrogen (secondary N) is 2. The second-order valence-corrected chi connectivity index (χ2v) is 5.47. The molecule has 0 atom stereocenters. The molecule has 0 unspecified atom stereocenters. The van der Waals surface area contributed by atoms with Crippen molar-refractivity contribution in [1.82, 2.24) is 4.98 Å². The predicted molar refractivity (Wildman–Crippen MR) is 86.7 cm³/mol. The molecule has 1 heterocycles. The minimum absolute atomic E-state index is 0.0273. The highest BCUT2D eigenvalue weighted by Gasteiger charge is 2.14. The van der Waals surface area contributed by atoms with Crippen LogP contribution >= 0.6 is 0 Å². The summed E-state index contributed by atoms with van der Waals surface area (Å²) in [6.45, 7) is 7.78. The summed E-state index contributed by atoms with van der Waals surface area (Å²) in [5.74, 6) is 0.0602. The number of carbonyl (C=O) groups excluding carboxylic acids is 1. The number of amides is 1. The van der Waals surface area contributed by atoms with Crippen molar-refractivity contribution in [2.24, 2.45) is 5.92 Å². The van der Waals surface area contributed by atoms with Crippen molar-refractivity contribution in [3.8, 4) is 0 Å². The molecular weight excluding hydrogens is 264 g/mol. The molecule has 0 aliphatic carbocycles. The van der Waals surface area contributed by atoms with Gasteiger partial charge < -0.3 is 10.3 Å². The Morgan fingerprint density at radius 2 is 1.86 bits per heavy atom. The standard InChI is InChI=1S/C17H22N2O2/c1-5-12(6-2)17(21)18-13-7-8-14-10(3)11(4)16(20)19-15(14)9-13/h7-9,12H,5-6H2,1-4H3,(H,18,21)(H,19,20). The molecule has 4 nitrogen and oxygen atoms in total. The number of carbonyl (C=O) groups is 1. The van der Waals surface area contributed by atoms with E-state index in [1.165, 1.54) is 0 Å². The largest absolute Gasteiger partial charge is 0.326 e. The number of hydrogen-bond donors (Lipinski definition) is 2. The van der Waals surface area contributed by atoms with Gasteiger partial charge in [-0.2, -0.15) is 0 Å². The van der Waals surface area contributed by atoms with Crippen molar-refractivity contribution < 1.29 is 4.79 Å². The quantitative estimate of drug-likeness (QED) is 0.903. The van der Waals surface area contributed by atoms with E-state index in [-0.39, 0.29) is 17.4 Å². The minimum Gasteiger partial charge on any atom is -0.326 e. The fraction of sp³-hybridized carbons (Fsp3) is 0.412. The van der Waals surface area contributed by atoms with E-state index in [9.17, 15) is 9.59 Å². The lowest BCUT2D eigenvalue weighted by molar-refractivity contribution is -0.120. The Labute approximate surface area is 124 Å². The average molecular weight is 286 g/mol. The molecule has 0 fully saturated rings. The van der Waals surface area contributed by atoms with Gasteiger partial charge >= 0.3 is 0 Å². The summed E-state index contributed by atoms with van der Waals surface area (Å²) in [5.41, 5.74) is 3.11. The molecular formula is C17H22N2O2. The first kappa shape index (κ1) is 15.3. The maximum Gasteiger partial charge on any atom is 0.251 e. The Kier molecular flexibility index (Phi) is 4.46. The lowest BCUT2D eigenvalue weighted by atomic mass is 10.0. The van der Waals surface area contributed by atoms with Crippen LogP contribution in [0.25, 0.3) is 10.9 Å². The lowest BCUT2D eigenvalue weighted by Crippen LogP contribution is -2.21. The molecule has 0 spiro atoms. The van der Waals surface area contributed by atoms with Gasteiger partial charge in [0.15, 0.2) is 0 Å². The summed E-state index contributed by atoms with van der Waals surface area (Å²) >= 11 is 0. The fourth-order valence-corrected chi connectivity index (χ4v) is 2.54. The SMILES string of the molecule is CCC(CC)C(=O)Nc1ccc2c(C)c(C)c(=O)[nH]c2c1. The van der Waals surface area contributed by atoms with Gasteiger partial charge in [-0.25, -0.2) is 0 Å². The Morgan fingerprint density at radius 1 is 1.19 bits per heavy atom. The van der Waals surface area contributed by atoms with Crippen LogP contribution < -0.4 is 10.9 Å². The summed E-state index contributed by atoms with van der Waals surface area (Å²) in [6, 6.07) is 5.65. The van der Waals surface area contributed by atoms with E-state index in [1.54, 1.807) is 0 Å². The molecule has 1 aromatic heterocycles. The molecule has 0 aliphatic rings. The molecule has 0 saturated heterocycles. The van der Waals surface area contributed by atoms with Crippen molar-refractivity contribution in [3.05, 3.63) is 39.7 Å². The van der Waals surface area contributed by atoms with Crippen LogP contribution in [0.2, 0.25) is 0 Å². The van der Waals surface area contributed by atoms with E-state index in [2.05, 4.69) is 10.3 Å². The molecule has 0 bridgehead atoms. The molecule has 2 N–H and O–H groups in total. The first-order chi connectivity index (χ1) is 9.97. The van der Waals surface area contributed by atoms with E-state index < -0.39 is 0 Å². The zero-order chi connectivity index (χ0) is 15.6. The van der Waals surface area contributed by atoms with Crippen molar-refractivity contribution in [3.63, 3.8) is 0 Å². The van der Waals surface area contributed by atoms with Crippen LogP contribution in [0.15, 0.2) is 23.0 Å². The van der Waals surface area contributed by atoms with E-state index >= 15 is 0 Å². The minimum atomic E-state index is -0.0801. The van der Waals surface area contributed by atoms with E-state index in [1.807, 2.05) is 45.9 Å². The summed E-state index contributed by atoms with van der Waals surface area (Å²) in [4.78, 5) is 26.8. The van der Waals surface area contributed by atoms with Crippen LogP contribution in [0, 0.1) is 19.8 Å². The highest BCUT2D eigenvalue weighted by Crippen LogP contribution is 2.21. The molecule has 2 rings (SSSR count). The second-order valence-electron chi connectivity index (χ2n) is 5.47. The highest BCUT2D eigenvalue weighted by molar-refractivity contribution is 5.95. The number of aryl methyl sites for hydroxylation is 1. The topological polar surface area (TPSA) is 62.0 Å².